The Labute approximate surface area is 183 Å². The lowest BCUT2D eigenvalue weighted by atomic mass is 9.97. The first-order valence-electron chi connectivity index (χ1n) is 11.7. The standard InChI is InChI=1S/C27H39NO2/c1-5-8-10-12-25-19-22(11-9-6-2)15-18-26(25)27(29)30-28-20-23-13-16-24(17-14-23)21(4)7-3/h13-19,21,28H,5-12,20H2,1-4H3. The Hall–Kier alpha value is -2.13. The van der Waals surface area contributed by atoms with Crippen LogP contribution < -0.4 is 5.48 Å². The molecule has 2 rings (SSSR count). The third-order valence-corrected chi connectivity index (χ3v) is 5.86. The van der Waals surface area contributed by atoms with E-state index in [0.29, 0.717) is 18.0 Å². The van der Waals surface area contributed by atoms with Crippen LogP contribution in [-0.2, 0) is 24.2 Å². The molecular weight excluding hydrogens is 370 g/mol. The number of aryl methyl sites for hydroxylation is 2. The molecule has 0 amide bonds. The van der Waals surface area contributed by atoms with E-state index in [0.717, 1.165) is 36.8 Å². The zero-order valence-electron chi connectivity index (χ0n) is 19.3. The molecule has 2 aromatic rings. The summed E-state index contributed by atoms with van der Waals surface area (Å²) in [7, 11) is 0. The molecule has 3 nitrogen and oxygen atoms in total. The molecule has 164 valence electrons. The van der Waals surface area contributed by atoms with Gasteiger partial charge in [0, 0.05) is 0 Å². The Balaban J connectivity index is 1.97. The zero-order valence-corrected chi connectivity index (χ0v) is 19.3. The average molecular weight is 410 g/mol. The predicted molar refractivity (Wildman–Crippen MR) is 126 cm³/mol. The van der Waals surface area contributed by atoms with Crippen LogP contribution in [0.2, 0.25) is 0 Å². The van der Waals surface area contributed by atoms with Crippen LogP contribution in [0, 0.1) is 0 Å². The molecule has 0 spiro atoms. The van der Waals surface area contributed by atoms with Crippen molar-refractivity contribution in [2.24, 2.45) is 0 Å². The van der Waals surface area contributed by atoms with Gasteiger partial charge >= 0.3 is 5.97 Å². The van der Waals surface area contributed by atoms with E-state index in [9.17, 15) is 4.79 Å². The van der Waals surface area contributed by atoms with Gasteiger partial charge in [-0.05, 0) is 66.3 Å². The second kappa shape index (κ2) is 13.2. The first-order chi connectivity index (χ1) is 14.6. The summed E-state index contributed by atoms with van der Waals surface area (Å²) in [5.41, 5.74) is 8.42. The maximum Gasteiger partial charge on any atom is 0.357 e. The van der Waals surface area contributed by atoms with Gasteiger partial charge in [0.2, 0.25) is 0 Å². The molecule has 2 aromatic carbocycles. The van der Waals surface area contributed by atoms with Crippen LogP contribution in [0.1, 0.15) is 105 Å². The Morgan fingerprint density at radius 2 is 1.60 bits per heavy atom. The Bertz CT molecular complexity index is 767. The highest BCUT2D eigenvalue weighted by atomic mass is 16.7. The van der Waals surface area contributed by atoms with Gasteiger partial charge < -0.3 is 4.84 Å². The van der Waals surface area contributed by atoms with E-state index in [-0.39, 0.29) is 5.97 Å². The van der Waals surface area contributed by atoms with Gasteiger partial charge in [0.25, 0.3) is 0 Å². The number of hydroxylamine groups is 1. The first-order valence-corrected chi connectivity index (χ1v) is 11.7. The smallest absolute Gasteiger partial charge is 0.357 e. The molecule has 0 aliphatic heterocycles. The highest BCUT2D eigenvalue weighted by molar-refractivity contribution is 5.91. The number of carbonyl (C=O) groups excluding carboxylic acids is 1. The highest BCUT2D eigenvalue weighted by Crippen LogP contribution is 2.20. The maximum atomic E-state index is 12.7. The number of benzene rings is 2. The van der Waals surface area contributed by atoms with Gasteiger partial charge in [0.1, 0.15) is 0 Å². The molecule has 1 N–H and O–H groups in total. The summed E-state index contributed by atoms with van der Waals surface area (Å²) in [5.74, 6) is 0.274. The number of rotatable bonds is 13. The number of nitrogens with one attached hydrogen (secondary N) is 1. The van der Waals surface area contributed by atoms with E-state index in [1.165, 1.54) is 36.8 Å². The summed E-state index contributed by atoms with van der Waals surface area (Å²) < 4.78 is 0. The summed E-state index contributed by atoms with van der Waals surface area (Å²) in [6, 6.07) is 14.7. The molecule has 0 fully saturated rings. The monoisotopic (exact) mass is 409 g/mol. The molecule has 0 heterocycles. The lowest BCUT2D eigenvalue weighted by molar-refractivity contribution is 0.0236. The molecule has 0 saturated heterocycles. The van der Waals surface area contributed by atoms with E-state index in [1.807, 2.05) is 6.07 Å². The third kappa shape index (κ3) is 7.60. The SMILES string of the molecule is CCCCCc1cc(CCCC)ccc1C(=O)ONCc1ccc(C(C)CC)cc1. The average Bonchev–Trinajstić information content (AvgIpc) is 2.77. The van der Waals surface area contributed by atoms with Crippen LogP contribution in [-0.4, -0.2) is 5.97 Å². The van der Waals surface area contributed by atoms with Crippen molar-refractivity contribution < 1.29 is 9.63 Å². The van der Waals surface area contributed by atoms with Crippen molar-refractivity contribution in [2.75, 3.05) is 0 Å². The Morgan fingerprint density at radius 3 is 2.27 bits per heavy atom. The van der Waals surface area contributed by atoms with E-state index >= 15 is 0 Å². The molecule has 0 radical (unpaired) electrons. The second-order valence-corrected chi connectivity index (χ2v) is 8.31. The third-order valence-electron chi connectivity index (χ3n) is 5.86. The van der Waals surface area contributed by atoms with E-state index in [2.05, 4.69) is 69.6 Å². The number of carbonyl (C=O) groups is 1. The van der Waals surface area contributed by atoms with Gasteiger partial charge in [-0.2, -0.15) is 0 Å². The molecule has 0 aliphatic rings. The first kappa shape index (κ1) is 24.1. The van der Waals surface area contributed by atoms with Gasteiger partial charge in [0.05, 0.1) is 12.1 Å². The van der Waals surface area contributed by atoms with Crippen LogP contribution in [0.4, 0.5) is 0 Å². The van der Waals surface area contributed by atoms with Crippen LogP contribution in [0.3, 0.4) is 0 Å². The number of hydrogen-bond acceptors (Lipinski definition) is 3. The van der Waals surface area contributed by atoms with Gasteiger partial charge in [-0.25, -0.2) is 4.79 Å². The summed E-state index contributed by atoms with van der Waals surface area (Å²) in [4.78, 5) is 18.1. The molecule has 1 atom stereocenters. The summed E-state index contributed by atoms with van der Waals surface area (Å²) in [6.45, 7) is 9.35. The lowest BCUT2D eigenvalue weighted by Crippen LogP contribution is -2.20. The van der Waals surface area contributed by atoms with Crippen molar-refractivity contribution in [1.29, 1.82) is 0 Å². The largest absolute Gasteiger partial charge is 0.366 e. The fourth-order valence-corrected chi connectivity index (χ4v) is 3.59. The normalized spacial score (nSPS) is 12.0. The van der Waals surface area contributed by atoms with Gasteiger partial charge in [-0.15, -0.1) is 5.48 Å². The van der Waals surface area contributed by atoms with Crippen molar-refractivity contribution in [3.63, 3.8) is 0 Å². The van der Waals surface area contributed by atoms with Gasteiger partial charge in [-0.3, -0.25) is 0 Å². The Kier molecular flexibility index (Phi) is 10.6. The molecule has 0 aliphatic carbocycles. The molecule has 0 bridgehead atoms. The highest BCUT2D eigenvalue weighted by Gasteiger charge is 2.14. The number of unbranched alkanes of at least 4 members (excludes halogenated alkanes) is 3. The fourth-order valence-electron chi connectivity index (χ4n) is 3.59. The van der Waals surface area contributed by atoms with E-state index in [4.69, 9.17) is 4.84 Å². The maximum absolute atomic E-state index is 12.7. The fraction of sp³-hybridized carbons (Fsp3) is 0.519. The summed E-state index contributed by atoms with van der Waals surface area (Å²) >= 11 is 0. The summed E-state index contributed by atoms with van der Waals surface area (Å²) in [6.07, 6.45) is 8.93. The predicted octanol–water partition coefficient (Wildman–Crippen LogP) is 7.14. The van der Waals surface area contributed by atoms with Crippen LogP contribution in [0.5, 0.6) is 0 Å². The molecule has 1 unspecified atom stereocenters. The van der Waals surface area contributed by atoms with Crippen LogP contribution >= 0.6 is 0 Å². The summed E-state index contributed by atoms with van der Waals surface area (Å²) in [5, 5.41) is 0. The topological polar surface area (TPSA) is 38.3 Å². The molecule has 0 saturated carbocycles. The van der Waals surface area contributed by atoms with Crippen molar-refractivity contribution in [2.45, 2.75) is 91.5 Å². The quantitative estimate of drug-likeness (QED) is 0.282. The van der Waals surface area contributed by atoms with Crippen molar-refractivity contribution in [3.8, 4) is 0 Å². The van der Waals surface area contributed by atoms with E-state index < -0.39 is 0 Å². The van der Waals surface area contributed by atoms with Crippen LogP contribution in [0.15, 0.2) is 42.5 Å². The molecular formula is C27H39NO2. The van der Waals surface area contributed by atoms with Gasteiger partial charge in [0.15, 0.2) is 0 Å². The minimum atomic E-state index is -0.292. The van der Waals surface area contributed by atoms with Crippen molar-refractivity contribution >= 4 is 5.97 Å². The Morgan fingerprint density at radius 1 is 0.900 bits per heavy atom. The van der Waals surface area contributed by atoms with Crippen molar-refractivity contribution in [1.82, 2.24) is 5.48 Å². The minimum Gasteiger partial charge on any atom is -0.366 e. The minimum absolute atomic E-state index is 0.292. The second-order valence-electron chi connectivity index (χ2n) is 8.31. The van der Waals surface area contributed by atoms with E-state index in [1.54, 1.807) is 0 Å². The zero-order chi connectivity index (χ0) is 21.8. The lowest BCUT2D eigenvalue weighted by Gasteiger charge is -2.13. The molecule has 30 heavy (non-hydrogen) atoms. The molecule has 3 heteroatoms. The number of hydrogen-bond donors (Lipinski definition) is 1. The van der Waals surface area contributed by atoms with Crippen molar-refractivity contribution in [3.05, 3.63) is 70.3 Å². The van der Waals surface area contributed by atoms with Crippen LogP contribution in [0.25, 0.3) is 0 Å². The molecule has 0 aromatic heterocycles. The van der Waals surface area contributed by atoms with Gasteiger partial charge in [-0.1, -0.05) is 83.4 Å².